The third-order valence-corrected chi connectivity index (χ3v) is 6.29. The molecule has 30 heavy (non-hydrogen) atoms. The molecule has 1 aromatic heterocycles. The summed E-state index contributed by atoms with van der Waals surface area (Å²) < 4.78 is 36.0. The van der Waals surface area contributed by atoms with Gasteiger partial charge in [-0.15, -0.1) is 0 Å². The summed E-state index contributed by atoms with van der Waals surface area (Å²) in [4.78, 5) is 26.1. The first-order valence-corrected chi connectivity index (χ1v) is 10.3. The van der Waals surface area contributed by atoms with Gasteiger partial charge in [0.1, 0.15) is 24.5 Å². The van der Waals surface area contributed by atoms with Crippen molar-refractivity contribution in [1.82, 2.24) is 9.88 Å². The number of nitrogens with one attached hydrogen (secondary N) is 1. The van der Waals surface area contributed by atoms with Crippen LogP contribution in [-0.4, -0.2) is 54.6 Å². The average Bonchev–Trinajstić information content (AvgIpc) is 3.45. The average molecular weight is 419 g/mol. The Bertz CT molecular complexity index is 1080. The molecular weight excluding hydrogens is 396 g/mol. The zero-order valence-corrected chi connectivity index (χ0v) is 16.4. The predicted molar refractivity (Wildman–Crippen MR) is 107 cm³/mol. The lowest BCUT2D eigenvalue weighted by atomic mass is 10.1. The monoisotopic (exact) mass is 419 g/mol. The van der Waals surface area contributed by atoms with Gasteiger partial charge in [0.25, 0.3) is 0 Å². The summed E-state index contributed by atoms with van der Waals surface area (Å²) in [7, 11) is 0. The molecule has 1 saturated carbocycles. The summed E-state index contributed by atoms with van der Waals surface area (Å²) in [5.41, 5.74) is -0.773. The van der Waals surface area contributed by atoms with Crippen LogP contribution in [0.2, 0.25) is 0 Å². The number of carboxylic acid groups (broad SMARTS) is 1. The van der Waals surface area contributed by atoms with Gasteiger partial charge in [0, 0.05) is 25.3 Å². The van der Waals surface area contributed by atoms with Crippen LogP contribution in [0, 0.1) is 11.7 Å². The molecule has 0 bridgehead atoms. The molecule has 1 aliphatic carbocycles. The van der Waals surface area contributed by atoms with E-state index in [1.54, 1.807) is 0 Å². The van der Waals surface area contributed by atoms with Gasteiger partial charge in [0.2, 0.25) is 5.43 Å². The molecular formula is C21H23F2N3O4. The van der Waals surface area contributed by atoms with Crippen LogP contribution < -0.4 is 20.4 Å². The number of carboxylic acids is 1. The Balaban J connectivity index is 1.60. The summed E-state index contributed by atoms with van der Waals surface area (Å²) in [6.45, 7) is 1.34. The zero-order chi connectivity index (χ0) is 21.0. The van der Waals surface area contributed by atoms with E-state index in [1.807, 2.05) is 4.90 Å². The molecule has 1 saturated heterocycles. The molecule has 5 rings (SSSR count). The highest BCUT2D eigenvalue weighted by Gasteiger charge is 2.34. The minimum atomic E-state index is -1.42. The third kappa shape index (κ3) is 3.12. The number of anilines is 1. The van der Waals surface area contributed by atoms with Crippen molar-refractivity contribution in [3.8, 4) is 5.75 Å². The number of pyridine rings is 1. The highest BCUT2D eigenvalue weighted by molar-refractivity contribution is 5.97. The molecule has 3 heterocycles. The minimum Gasteiger partial charge on any atom is -0.487 e. The second-order valence-electron chi connectivity index (χ2n) is 8.42. The van der Waals surface area contributed by atoms with Gasteiger partial charge in [-0.2, -0.15) is 0 Å². The van der Waals surface area contributed by atoms with Crippen LogP contribution in [0.1, 0.15) is 35.7 Å². The molecule has 0 amide bonds. The summed E-state index contributed by atoms with van der Waals surface area (Å²) in [5, 5.41) is 12.8. The Hall–Kier alpha value is -2.68. The fourth-order valence-electron chi connectivity index (χ4n) is 4.52. The number of alkyl halides is 1. The van der Waals surface area contributed by atoms with Gasteiger partial charge in [-0.25, -0.2) is 13.6 Å². The van der Waals surface area contributed by atoms with Crippen molar-refractivity contribution >= 4 is 22.6 Å². The van der Waals surface area contributed by atoms with Crippen molar-refractivity contribution in [2.45, 2.75) is 31.3 Å². The van der Waals surface area contributed by atoms with E-state index in [9.17, 15) is 19.1 Å². The highest BCUT2D eigenvalue weighted by Crippen LogP contribution is 2.43. The molecule has 2 aliphatic heterocycles. The molecule has 2 atom stereocenters. The fourth-order valence-corrected chi connectivity index (χ4v) is 4.52. The summed E-state index contributed by atoms with van der Waals surface area (Å²) in [6, 6.07) is 0.904. The van der Waals surface area contributed by atoms with Crippen LogP contribution in [0.3, 0.4) is 0 Å². The van der Waals surface area contributed by atoms with E-state index < -0.39 is 35.5 Å². The van der Waals surface area contributed by atoms with Gasteiger partial charge >= 0.3 is 5.97 Å². The molecule has 0 radical (unpaired) electrons. The lowest BCUT2D eigenvalue weighted by Gasteiger charge is -2.31. The molecule has 160 valence electrons. The van der Waals surface area contributed by atoms with E-state index >= 15 is 4.39 Å². The Kier molecular flexibility index (Phi) is 4.65. The van der Waals surface area contributed by atoms with Gasteiger partial charge in [-0.3, -0.25) is 4.79 Å². The van der Waals surface area contributed by atoms with Crippen LogP contribution in [0.15, 0.2) is 17.1 Å². The maximum absolute atomic E-state index is 15.2. The van der Waals surface area contributed by atoms with Crippen LogP contribution in [0.25, 0.3) is 10.9 Å². The Morgan fingerprint density at radius 1 is 1.33 bits per heavy atom. The first-order valence-electron chi connectivity index (χ1n) is 10.3. The summed E-state index contributed by atoms with van der Waals surface area (Å²) in [5.74, 6) is -1.48. The smallest absolute Gasteiger partial charge is 0.341 e. The number of carbonyl (C=O) groups is 1. The molecule has 1 aromatic carbocycles. The van der Waals surface area contributed by atoms with E-state index in [-0.39, 0.29) is 28.9 Å². The molecule has 2 N–H and O–H groups in total. The molecule has 2 fully saturated rings. The van der Waals surface area contributed by atoms with Crippen molar-refractivity contribution in [2.24, 2.45) is 5.92 Å². The molecule has 2 aromatic rings. The zero-order valence-electron chi connectivity index (χ0n) is 16.4. The number of nitrogens with zero attached hydrogens (tertiary/aromatic N) is 2. The number of benzene rings is 1. The number of halogens is 2. The molecule has 3 aliphatic rings. The SMILES string of the molecule is O=C(O)c1cn2c3c(c(N4CC[C@@H](CNC5CC5)C4)c(F)cc3c1=O)OC[C@H]2CF. The minimum absolute atomic E-state index is 0.0580. The Morgan fingerprint density at radius 3 is 2.83 bits per heavy atom. The van der Waals surface area contributed by atoms with E-state index in [0.29, 0.717) is 25.0 Å². The maximum Gasteiger partial charge on any atom is 0.341 e. The number of hydrogen-bond acceptors (Lipinski definition) is 5. The quantitative estimate of drug-likeness (QED) is 0.748. The van der Waals surface area contributed by atoms with Gasteiger partial charge < -0.3 is 24.6 Å². The number of rotatable bonds is 6. The van der Waals surface area contributed by atoms with Crippen molar-refractivity contribution in [3.05, 3.63) is 33.9 Å². The Morgan fingerprint density at radius 2 is 2.13 bits per heavy atom. The van der Waals surface area contributed by atoms with E-state index in [1.165, 1.54) is 17.4 Å². The fraction of sp³-hybridized carbons (Fsp3) is 0.524. The second-order valence-corrected chi connectivity index (χ2v) is 8.42. The predicted octanol–water partition coefficient (Wildman–Crippen LogP) is 2.32. The topological polar surface area (TPSA) is 83.8 Å². The van der Waals surface area contributed by atoms with Crippen LogP contribution in [0.5, 0.6) is 5.75 Å². The number of aromatic carboxylic acids is 1. The third-order valence-electron chi connectivity index (χ3n) is 6.29. The Labute approximate surface area is 171 Å². The summed E-state index contributed by atoms with van der Waals surface area (Å²) in [6.07, 6.45) is 4.48. The molecule has 9 heteroatoms. The molecule has 0 spiro atoms. The van der Waals surface area contributed by atoms with Crippen molar-refractivity contribution in [2.75, 3.05) is 37.8 Å². The highest BCUT2D eigenvalue weighted by atomic mass is 19.1. The van der Waals surface area contributed by atoms with E-state index in [2.05, 4.69) is 5.32 Å². The first kappa shape index (κ1) is 19.3. The van der Waals surface area contributed by atoms with E-state index in [0.717, 1.165) is 25.2 Å². The van der Waals surface area contributed by atoms with Crippen molar-refractivity contribution in [3.63, 3.8) is 0 Å². The van der Waals surface area contributed by atoms with Crippen LogP contribution in [0.4, 0.5) is 14.5 Å². The van der Waals surface area contributed by atoms with Crippen LogP contribution >= 0.6 is 0 Å². The van der Waals surface area contributed by atoms with Gasteiger partial charge in [0.15, 0.2) is 11.6 Å². The van der Waals surface area contributed by atoms with E-state index in [4.69, 9.17) is 4.74 Å². The van der Waals surface area contributed by atoms with Crippen LogP contribution in [-0.2, 0) is 0 Å². The number of ether oxygens (including phenoxy) is 1. The number of aromatic nitrogens is 1. The van der Waals surface area contributed by atoms with Crippen molar-refractivity contribution in [1.29, 1.82) is 0 Å². The lowest BCUT2D eigenvalue weighted by molar-refractivity contribution is 0.0694. The normalized spacial score (nSPS) is 23.1. The summed E-state index contributed by atoms with van der Waals surface area (Å²) >= 11 is 0. The van der Waals surface area contributed by atoms with Gasteiger partial charge in [-0.1, -0.05) is 0 Å². The number of hydrogen-bond donors (Lipinski definition) is 2. The van der Waals surface area contributed by atoms with Crippen molar-refractivity contribution < 1.29 is 23.4 Å². The second kappa shape index (κ2) is 7.23. The molecule has 0 unspecified atom stereocenters. The first-order chi connectivity index (χ1) is 14.5. The standard InChI is InChI=1S/C21H23F2N3O4/c22-6-13-10-30-20-17-14(19(27)15(21(28)29)9-26(13)17)5-16(23)18(20)25-4-3-11(8-25)7-24-12-1-2-12/h5,9,11-13,24H,1-4,6-8,10H2,(H,28,29)/t11-,13+/m0/s1. The lowest BCUT2D eigenvalue weighted by Crippen LogP contribution is -2.31. The molecule has 7 nitrogen and oxygen atoms in total. The largest absolute Gasteiger partial charge is 0.487 e. The van der Waals surface area contributed by atoms with Gasteiger partial charge in [0.05, 0.1) is 16.9 Å². The van der Waals surface area contributed by atoms with Gasteiger partial charge in [-0.05, 0) is 37.8 Å². The maximum atomic E-state index is 15.2.